The first-order valence-electron chi connectivity index (χ1n) is 5.75. The van der Waals surface area contributed by atoms with Gasteiger partial charge in [0.25, 0.3) is 5.91 Å². The van der Waals surface area contributed by atoms with Crippen molar-refractivity contribution in [3.63, 3.8) is 0 Å². The van der Waals surface area contributed by atoms with E-state index in [0.717, 1.165) is 0 Å². The molecule has 0 fully saturated rings. The molecule has 102 valence electrons. The van der Waals surface area contributed by atoms with Crippen molar-refractivity contribution in [2.24, 2.45) is 7.05 Å². The van der Waals surface area contributed by atoms with Crippen LogP contribution in [0.3, 0.4) is 0 Å². The minimum atomic E-state index is -1.09. The van der Waals surface area contributed by atoms with Gasteiger partial charge in [0.2, 0.25) is 5.88 Å². The number of aromatic carboxylic acids is 1. The van der Waals surface area contributed by atoms with E-state index in [1.54, 1.807) is 19.2 Å². The third-order valence-electron chi connectivity index (χ3n) is 2.89. The molecule has 0 saturated heterocycles. The van der Waals surface area contributed by atoms with Crippen LogP contribution in [0.1, 0.15) is 10.5 Å². The minimum Gasteiger partial charge on any atom is -0.477 e. The second kappa shape index (κ2) is 4.34. The maximum atomic E-state index is 11.2. The molecule has 0 radical (unpaired) electrons. The molecule has 2 aromatic heterocycles. The molecule has 3 heterocycles. The largest absolute Gasteiger partial charge is 0.477 e. The van der Waals surface area contributed by atoms with E-state index < -0.39 is 5.97 Å². The van der Waals surface area contributed by atoms with Crippen LogP contribution < -0.4 is 10.1 Å². The van der Waals surface area contributed by atoms with Gasteiger partial charge in [0.1, 0.15) is 5.69 Å². The van der Waals surface area contributed by atoms with Crippen LogP contribution in [-0.4, -0.2) is 38.4 Å². The number of pyridine rings is 1. The highest BCUT2D eigenvalue weighted by Crippen LogP contribution is 2.30. The molecular weight excluding hydrogens is 264 g/mol. The number of ether oxygens (including phenoxy) is 1. The van der Waals surface area contributed by atoms with E-state index >= 15 is 0 Å². The number of carboxylic acid groups (broad SMARTS) is 1. The number of aromatic nitrogens is 3. The van der Waals surface area contributed by atoms with Crippen LogP contribution in [0.2, 0.25) is 0 Å². The summed E-state index contributed by atoms with van der Waals surface area (Å²) in [5.74, 6) is -1.07. The Labute approximate surface area is 113 Å². The molecule has 0 spiro atoms. The molecule has 1 amide bonds. The van der Waals surface area contributed by atoms with Crippen LogP contribution in [0, 0.1) is 0 Å². The summed E-state index contributed by atoms with van der Waals surface area (Å²) in [6, 6.07) is 3.23. The van der Waals surface area contributed by atoms with Gasteiger partial charge in [-0.1, -0.05) is 0 Å². The fourth-order valence-electron chi connectivity index (χ4n) is 1.99. The van der Waals surface area contributed by atoms with E-state index in [-0.39, 0.29) is 24.1 Å². The Kier molecular flexibility index (Phi) is 2.63. The van der Waals surface area contributed by atoms with E-state index in [2.05, 4.69) is 15.4 Å². The lowest BCUT2D eigenvalue weighted by Gasteiger charge is -2.17. The Morgan fingerprint density at radius 3 is 3.05 bits per heavy atom. The average molecular weight is 274 g/mol. The minimum absolute atomic E-state index is 0.0392. The zero-order valence-corrected chi connectivity index (χ0v) is 10.5. The number of rotatable bonds is 2. The lowest BCUT2D eigenvalue weighted by molar-refractivity contribution is -0.118. The molecule has 0 unspecified atom stereocenters. The predicted octanol–water partition coefficient (Wildman–Crippen LogP) is 0.511. The molecule has 2 N–H and O–H groups in total. The number of nitrogens with zero attached hydrogens (tertiary/aromatic N) is 3. The van der Waals surface area contributed by atoms with Crippen molar-refractivity contribution < 1.29 is 19.4 Å². The first kappa shape index (κ1) is 12.2. The molecule has 3 rings (SSSR count). The summed E-state index contributed by atoms with van der Waals surface area (Å²) in [5, 5.41) is 15.7. The maximum absolute atomic E-state index is 11.2. The van der Waals surface area contributed by atoms with Crippen molar-refractivity contribution >= 4 is 17.6 Å². The Bertz CT molecular complexity index is 722. The number of hydrogen-bond acceptors (Lipinski definition) is 5. The molecule has 2 aromatic rings. The Morgan fingerprint density at radius 2 is 2.30 bits per heavy atom. The SMILES string of the molecule is Cn1ncc(-c2ccc3c(n2)OCC(=O)N3)c1C(=O)O. The predicted molar refractivity (Wildman–Crippen MR) is 67.5 cm³/mol. The zero-order chi connectivity index (χ0) is 14.3. The first-order valence-corrected chi connectivity index (χ1v) is 5.75. The quantitative estimate of drug-likeness (QED) is 0.826. The van der Waals surface area contributed by atoms with Gasteiger partial charge in [-0.25, -0.2) is 9.78 Å². The van der Waals surface area contributed by atoms with Crippen molar-refractivity contribution in [3.8, 4) is 17.1 Å². The first-order chi connectivity index (χ1) is 9.56. The van der Waals surface area contributed by atoms with E-state index in [0.29, 0.717) is 16.9 Å². The van der Waals surface area contributed by atoms with Gasteiger partial charge in [-0.15, -0.1) is 0 Å². The van der Waals surface area contributed by atoms with Crippen LogP contribution in [0.5, 0.6) is 5.88 Å². The molecule has 8 heteroatoms. The lowest BCUT2D eigenvalue weighted by Crippen LogP contribution is -2.26. The smallest absolute Gasteiger partial charge is 0.354 e. The third kappa shape index (κ3) is 1.87. The van der Waals surface area contributed by atoms with Gasteiger partial charge >= 0.3 is 5.97 Å². The Morgan fingerprint density at radius 1 is 1.50 bits per heavy atom. The highest BCUT2D eigenvalue weighted by Gasteiger charge is 2.22. The number of amides is 1. The lowest BCUT2D eigenvalue weighted by atomic mass is 10.1. The number of carboxylic acids is 1. The average Bonchev–Trinajstić information content (AvgIpc) is 2.80. The molecule has 0 bridgehead atoms. The Balaban J connectivity index is 2.08. The number of carbonyl (C=O) groups is 2. The molecule has 0 saturated carbocycles. The fraction of sp³-hybridized carbons (Fsp3) is 0.167. The standard InChI is InChI=1S/C12H10N4O4/c1-16-10(12(18)19)6(4-13-16)7-2-3-8-11(15-7)20-5-9(17)14-8/h2-4H,5H2,1H3,(H,14,17)(H,18,19). The van der Waals surface area contributed by atoms with E-state index in [9.17, 15) is 14.7 Å². The van der Waals surface area contributed by atoms with Gasteiger partial charge in [-0.05, 0) is 12.1 Å². The van der Waals surface area contributed by atoms with Crippen LogP contribution >= 0.6 is 0 Å². The maximum Gasteiger partial charge on any atom is 0.354 e. The highest BCUT2D eigenvalue weighted by molar-refractivity contribution is 5.96. The summed E-state index contributed by atoms with van der Waals surface area (Å²) in [4.78, 5) is 26.6. The van der Waals surface area contributed by atoms with Gasteiger partial charge in [0, 0.05) is 7.05 Å². The molecule has 0 aliphatic carbocycles. The number of aryl methyl sites for hydroxylation is 1. The number of anilines is 1. The highest BCUT2D eigenvalue weighted by atomic mass is 16.5. The van der Waals surface area contributed by atoms with E-state index in [4.69, 9.17) is 4.74 Å². The van der Waals surface area contributed by atoms with Crippen molar-refractivity contribution in [2.45, 2.75) is 0 Å². The topological polar surface area (TPSA) is 106 Å². The second-order valence-electron chi connectivity index (χ2n) is 4.22. The summed E-state index contributed by atoms with van der Waals surface area (Å²) in [7, 11) is 1.54. The second-order valence-corrected chi connectivity index (χ2v) is 4.22. The number of hydrogen-bond donors (Lipinski definition) is 2. The molecule has 8 nitrogen and oxygen atoms in total. The summed E-state index contributed by atoms with van der Waals surface area (Å²) >= 11 is 0. The van der Waals surface area contributed by atoms with E-state index in [1.807, 2.05) is 0 Å². The number of fused-ring (bicyclic) bond motifs is 1. The summed E-state index contributed by atoms with van der Waals surface area (Å²) in [6.07, 6.45) is 1.43. The zero-order valence-electron chi connectivity index (χ0n) is 10.5. The van der Waals surface area contributed by atoms with Gasteiger partial charge in [0.15, 0.2) is 12.3 Å². The van der Waals surface area contributed by atoms with Crippen molar-refractivity contribution in [2.75, 3.05) is 11.9 Å². The van der Waals surface area contributed by atoms with Gasteiger partial charge < -0.3 is 15.2 Å². The molecule has 1 aliphatic heterocycles. The van der Waals surface area contributed by atoms with Gasteiger partial charge in [0.05, 0.1) is 17.5 Å². The van der Waals surface area contributed by atoms with Gasteiger partial charge in [-0.3, -0.25) is 9.48 Å². The Hall–Kier alpha value is -2.90. The monoisotopic (exact) mass is 274 g/mol. The number of carbonyl (C=O) groups excluding carboxylic acids is 1. The van der Waals surface area contributed by atoms with E-state index in [1.165, 1.54) is 10.9 Å². The van der Waals surface area contributed by atoms with Crippen LogP contribution in [0.25, 0.3) is 11.3 Å². The fourth-order valence-corrected chi connectivity index (χ4v) is 1.99. The molecule has 1 aliphatic rings. The molecule has 0 atom stereocenters. The van der Waals surface area contributed by atoms with Crippen LogP contribution in [-0.2, 0) is 11.8 Å². The summed E-state index contributed by atoms with van der Waals surface area (Å²) < 4.78 is 6.47. The van der Waals surface area contributed by atoms with Gasteiger partial charge in [-0.2, -0.15) is 5.10 Å². The molecule has 20 heavy (non-hydrogen) atoms. The van der Waals surface area contributed by atoms with Crippen molar-refractivity contribution in [1.29, 1.82) is 0 Å². The van der Waals surface area contributed by atoms with Crippen LogP contribution in [0.15, 0.2) is 18.3 Å². The summed E-state index contributed by atoms with van der Waals surface area (Å²) in [5.41, 5.74) is 1.32. The van der Waals surface area contributed by atoms with Crippen molar-refractivity contribution in [3.05, 3.63) is 24.0 Å². The summed E-state index contributed by atoms with van der Waals surface area (Å²) in [6.45, 7) is -0.109. The molecular formula is C12H10N4O4. The van der Waals surface area contributed by atoms with Crippen LogP contribution in [0.4, 0.5) is 5.69 Å². The third-order valence-corrected chi connectivity index (χ3v) is 2.89. The molecule has 0 aromatic carbocycles. The number of nitrogens with one attached hydrogen (secondary N) is 1. The normalized spacial score (nSPS) is 13.3. The van der Waals surface area contributed by atoms with Crippen molar-refractivity contribution in [1.82, 2.24) is 14.8 Å².